The number of fused-ring (bicyclic) bond motifs is 1. The number of nitrogens with zero attached hydrogens (tertiary/aromatic N) is 5. The van der Waals surface area contributed by atoms with E-state index in [1.807, 2.05) is 0 Å². The Labute approximate surface area is 218 Å². The zero-order valence-corrected chi connectivity index (χ0v) is 22.9. The Balaban J connectivity index is 1.49. The highest BCUT2D eigenvalue weighted by molar-refractivity contribution is 7.53. The first-order chi connectivity index (χ1) is 17.8. The monoisotopic (exact) mass is 578 g/mol. The number of anilines is 1. The van der Waals surface area contributed by atoms with Crippen LogP contribution in [0.3, 0.4) is 0 Å². The Morgan fingerprint density at radius 3 is 2.63 bits per heavy atom. The highest BCUT2D eigenvalue weighted by atomic mass is 31.2. The van der Waals surface area contributed by atoms with Crippen molar-refractivity contribution in [3.63, 3.8) is 0 Å². The van der Waals surface area contributed by atoms with Gasteiger partial charge in [-0.3, -0.25) is 23.0 Å². The second-order valence-corrected chi connectivity index (χ2v) is 13.3. The molecule has 38 heavy (non-hydrogen) atoms. The number of rotatable bonds is 10. The molecule has 212 valence electrons. The number of aliphatic hydroxyl groups is 1. The van der Waals surface area contributed by atoms with Crippen LogP contribution >= 0.6 is 15.4 Å². The smallest absolute Gasteiger partial charge is 0.391 e. The van der Waals surface area contributed by atoms with Crippen LogP contribution in [0, 0.1) is 0 Å². The molecular weight excluding hydrogens is 546 g/mol. The average Bonchev–Trinajstić information content (AvgIpc) is 3.53. The van der Waals surface area contributed by atoms with Crippen molar-refractivity contribution in [2.24, 2.45) is 0 Å². The van der Waals surface area contributed by atoms with Gasteiger partial charge in [0.25, 0.3) is 0 Å². The van der Waals surface area contributed by atoms with Crippen LogP contribution in [0.1, 0.15) is 39.8 Å². The molecule has 2 saturated heterocycles. The number of β-amino-alcohol motifs (C(OH)–C–C–N with tert-alkyl or cyclic N) is 1. The van der Waals surface area contributed by atoms with Crippen LogP contribution in [0.15, 0.2) is 12.7 Å². The highest BCUT2D eigenvalue weighted by Gasteiger charge is 2.44. The minimum atomic E-state index is -4.71. The molecule has 2 unspecified atom stereocenters. The van der Waals surface area contributed by atoms with Crippen LogP contribution in [0.25, 0.3) is 11.2 Å². The maximum Gasteiger partial charge on any atom is 0.472 e. The topological polar surface area (TPSA) is 222 Å². The fraction of sp³-hybridized carbons (Fsp3) is 0.700. The van der Waals surface area contributed by atoms with E-state index in [1.165, 1.54) is 38.3 Å². The third-order valence-electron chi connectivity index (χ3n) is 6.45. The number of ether oxygens (including phenoxy) is 1. The first-order valence-corrected chi connectivity index (χ1v) is 15.1. The average molecular weight is 578 g/mol. The summed E-state index contributed by atoms with van der Waals surface area (Å²) in [6.45, 7) is 3.72. The lowest BCUT2D eigenvalue weighted by Gasteiger charge is -2.25. The summed E-state index contributed by atoms with van der Waals surface area (Å²) in [6.07, 6.45) is -0.842. The molecule has 1 amide bonds. The molecule has 2 fully saturated rings. The summed E-state index contributed by atoms with van der Waals surface area (Å²) in [4.78, 5) is 46.0. The van der Waals surface area contributed by atoms with E-state index in [9.17, 15) is 28.8 Å². The van der Waals surface area contributed by atoms with Gasteiger partial charge in [-0.15, -0.1) is 0 Å². The Hall–Kier alpha value is -2.00. The second kappa shape index (κ2) is 11.2. The number of imidazole rings is 1. The van der Waals surface area contributed by atoms with E-state index < -0.39 is 58.3 Å². The molecule has 0 saturated carbocycles. The fourth-order valence-electron chi connectivity index (χ4n) is 4.36. The summed E-state index contributed by atoms with van der Waals surface area (Å²) in [5.41, 5.74) is 5.85. The Morgan fingerprint density at radius 2 is 1.95 bits per heavy atom. The Bertz CT molecular complexity index is 1260. The summed E-state index contributed by atoms with van der Waals surface area (Å²) in [6, 6.07) is -0.605. The van der Waals surface area contributed by atoms with Gasteiger partial charge in [-0.25, -0.2) is 19.5 Å². The van der Waals surface area contributed by atoms with E-state index in [0.29, 0.717) is 11.2 Å². The van der Waals surface area contributed by atoms with Gasteiger partial charge in [0, 0.05) is 19.9 Å². The highest BCUT2D eigenvalue weighted by Crippen LogP contribution is 2.51. The third kappa shape index (κ3) is 6.41. The lowest BCUT2D eigenvalue weighted by molar-refractivity contribution is -0.130. The second-order valence-electron chi connectivity index (χ2n) is 9.52. The maximum atomic E-state index is 12.9. The maximum absolute atomic E-state index is 12.9. The van der Waals surface area contributed by atoms with Crippen molar-refractivity contribution in [1.82, 2.24) is 24.4 Å². The van der Waals surface area contributed by atoms with Gasteiger partial charge in [0.1, 0.15) is 30.3 Å². The van der Waals surface area contributed by atoms with E-state index in [1.54, 1.807) is 4.57 Å². The first-order valence-electron chi connectivity index (χ1n) is 11.9. The molecule has 4 heterocycles. The number of carbonyl (C=O) groups is 1. The number of carbonyl (C=O) groups excluding carboxylic acids is 1. The summed E-state index contributed by atoms with van der Waals surface area (Å²) < 4.78 is 48.6. The molecule has 4 rings (SSSR count). The normalized spacial score (nSPS) is 29.1. The van der Waals surface area contributed by atoms with Gasteiger partial charge >= 0.3 is 15.4 Å². The number of phosphoric acid groups is 1. The number of hydrogen-bond acceptors (Lipinski definition) is 12. The van der Waals surface area contributed by atoms with Crippen molar-refractivity contribution < 1.29 is 47.1 Å². The number of aromatic nitrogens is 4. The number of nitrogen functional groups attached to an aromatic ring is 1. The quantitative estimate of drug-likeness (QED) is 0.286. The molecule has 5 N–H and O–H groups in total. The van der Waals surface area contributed by atoms with Crippen molar-refractivity contribution in [3.05, 3.63) is 12.7 Å². The fourth-order valence-corrected chi connectivity index (χ4v) is 6.00. The zero-order valence-electron chi connectivity index (χ0n) is 21.1. The van der Waals surface area contributed by atoms with Crippen LogP contribution in [0.4, 0.5) is 5.82 Å². The van der Waals surface area contributed by atoms with Crippen LogP contribution in [0.2, 0.25) is 0 Å². The predicted molar refractivity (Wildman–Crippen MR) is 132 cm³/mol. The molecule has 2 aromatic heterocycles. The number of aliphatic hydroxyl groups excluding tert-OH is 1. The van der Waals surface area contributed by atoms with Crippen LogP contribution < -0.4 is 5.73 Å². The summed E-state index contributed by atoms with van der Waals surface area (Å²) in [5, 5.41) is 9.88. The molecule has 2 aromatic rings. The van der Waals surface area contributed by atoms with Crippen LogP contribution in [-0.4, -0.2) is 95.0 Å². The van der Waals surface area contributed by atoms with Gasteiger partial charge in [-0.1, -0.05) is 13.8 Å². The molecular formula is C20H32N6O10P2. The lowest BCUT2D eigenvalue weighted by atomic mass is 10.2. The molecule has 0 aromatic carbocycles. The van der Waals surface area contributed by atoms with Gasteiger partial charge < -0.3 is 34.8 Å². The minimum absolute atomic E-state index is 0.0103. The largest absolute Gasteiger partial charge is 0.472 e. The predicted octanol–water partition coefficient (Wildman–Crippen LogP) is 0.790. The van der Waals surface area contributed by atoms with Crippen LogP contribution in [0.5, 0.6) is 0 Å². The van der Waals surface area contributed by atoms with Crippen molar-refractivity contribution >= 4 is 38.3 Å². The molecule has 16 nitrogen and oxygen atoms in total. The van der Waals surface area contributed by atoms with Crippen molar-refractivity contribution in [3.8, 4) is 0 Å². The molecule has 0 aliphatic carbocycles. The number of nitrogens with two attached hydrogens (primary N) is 1. The molecule has 0 bridgehead atoms. The molecule has 18 heteroatoms. The number of likely N-dealkylation sites (tertiary alicyclic amines) is 1. The first kappa shape index (κ1) is 29.0. The number of amides is 1. The molecule has 0 radical (unpaired) electrons. The van der Waals surface area contributed by atoms with E-state index in [4.69, 9.17) is 24.0 Å². The SMILES string of the molecule is CC(=O)N1C[C@H](O)C[C@H]1COP(=O)(O)O[C@H]1C[C@H](n2cnc3c(N)ncnc32)O[C@@H]1COP(=O)(O)C(C)C. The standard InChI is InChI=1S/C20H32N6O10P2/c1-11(2)37(29,30)33-8-16-15(5-17(35-16)26-10-24-18-19(21)22-9-23-20(18)26)36-38(31,32)34-7-13-4-14(28)6-25(13)12(3)27/h9-11,13-17,28H,4-8H2,1-3H3,(H,29,30)(H,31,32)(H2,21,22,23)/t13-,14+,15-,16+,17+/m0/s1. The third-order valence-corrected chi connectivity index (χ3v) is 9.29. The van der Waals surface area contributed by atoms with E-state index in [-0.39, 0.29) is 37.7 Å². The van der Waals surface area contributed by atoms with E-state index >= 15 is 0 Å². The summed E-state index contributed by atoms with van der Waals surface area (Å²) in [7, 11) is -8.69. The van der Waals surface area contributed by atoms with Crippen molar-refractivity contribution in [2.45, 2.75) is 69.9 Å². The molecule has 7 atom stereocenters. The van der Waals surface area contributed by atoms with E-state index in [2.05, 4.69) is 15.0 Å². The summed E-state index contributed by atoms with van der Waals surface area (Å²) >= 11 is 0. The zero-order chi connectivity index (χ0) is 27.8. The Morgan fingerprint density at radius 1 is 1.21 bits per heavy atom. The van der Waals surface area contributed by atoms with Gasteiger partial charge in [-0.2, -0.15) is 0 Å². The summed E-state index contributed by atoms with van der Waals surface area (Å²) in [5.74, 6) is -0.147. The van der Waals surface area contributed by atoms with Gasteiger partial charge in [0.15, 0.2) is 11.5 Å². The van der Waals surface area contributed by atoms with E-state index in [0.717, 1.165) is 0 Å². The van der Waals surface area contributed by atoms with Crippen LogP contribution in [-0.2, 0) is 32.2 Å². The molecule has 2 aliphatic heterocycles. The van der Waals surface area contributed by atoms with Gasteiger partial charge in [0.2, 0.25) is 5.91 Å². The van der Waals surface area contributed by atoms with Gasteiger partial charge in [-0.05, 0) is 6.42 Å². The number of hydrogen-bond donors (Lipinski definition) is 4. The Kier molecular flexibility index (Phi) is 8.58. The van der Waals surface area contributed by atoms with Gasteiger partial charge in [0.05, 0.1) is 37.3 Å². The van der Waals surface area contributed by atoms with Crippen molar-refractivity contribution in [1.29, 1.82) is 0 Å². The van der Waals surface area contributed by atoms with Crippen molar-refractivity contribution in [2.75, 3.05) is 25.5 Å². The lowest BCUT2D eigenvalue weighted by Crippen LogP contribution is -2.37. The molecule has 0 spiro atoms. The molecule has 2 aliphatic rings. The minimum Gasteiger partial charge on any atom is -0.391 e. The number of phosphoric ester groups is 1.